The molecule has 0 aromatic heterocycles. The lowest BCUT2D eigenvalue weighted by atomic mass is 9.99. The van der Waals surface area contributed by atoms with Crippen molar-refractivity contribution in [2.45, 2.75) is 52.1 Å². The standard InChI is InChI=1S/C16H26N2/c1-4-18(15-5-6-15)8-7-16(17)14-10-12(2)9-13(3)11-14/h9-11,15-16H,4-8,17H2,1-3H3. The van der Waals surface area contributed by atoms with E-state index in [1.54, 1.807) is 0 Å². The van der Waals surface area contributed by atoms with Crippen LogP contribution in [0.15, 0.2) is 18.2 Å². The normalized spacial score (nSPS) is 17.2. The van der Waals surface area contributed by atoms with E-state index in [-0.39, 0.29) is 6.04 Å². The van der Waals surface area contributed by atoms with Crippen LogP contribution in [0.2, 0.25) is 0 Å². The number of hydrogen-bond donors (Lipinski definition) is 1. The van der Waals surface area contributed by atoms with Crippen LogP contribution in [0, 0.1) is 13.8 Å². The second-order valence-corrected chi connectivity index (χ2v) is 5.68. The molecule has 1 aromatic carbocycles. The quantitative estimate of drug-likeness (QED) is 0.835. The van der Waals surface area contributed by atoms with Crippen LogP contribution in [-0.4, -0.2) is 24.0 Å². The van der Waals surface area contributed by atoms with Crippen LogP contribution >= 0.6 is 0 Å². The van der Waals surface area contributed by atoms with Gasteiger partial charge in [0.25, 0.3) is 0 Å². The second kappa shape index (κ2) is 5.85. The number of nitrogens with zero attached hydrogens (tertiary/aromatic N) is 1. The minimum Gasteiger partial charge on any atom is -0.324 e. The van der Waals surface area contributed by atoms with Crippen molar-refractivity contribution in [3.8, 4) is 0 Å². The average Bonchev–Trinajstić information content (AvgIpc) is 3.12. The van der Waals surface area contributed by atoms with Gasteiger partial charge in [-0.05, 0) is 45.2 Å². The molecule has 0 saturated heterocycles. The Morgan fingerprint density at radius 1 is 1.22 bits per heavy atom. The van der Waals surface area contributed by atoms with Crippen LogP contribution in [0.5, 0.6) is 0 Å². The minimum atomic E-state index is 0.177. The van der Waals surface area contributed by atoms with Gasteiger partial charge >= 0.3 is 0 Å². The molecule has 100 valence electrons. The first-order valence-electron chi connectivity index (χ1n) is 7.18. The topological polar surface area (TPSA) is 29.3 Å². The van der Waals surface area contributed by atoms with E-state index in [1.807, 2.05) is 0 Å². The summed E-state index contributed by atoms with van der Waals surface area (Å²) in [6, 6.07) is 7.69. The zero-order valence-corrected chi connectivity index (χ0v) is 11.9. The lowest BCUT2D eigenvalue weighted by Gasteiger charge is -2.22. The third-order valence-electron chi connectivity index (χ3n) is 3.87. The summed E-state index contributed by atoms with van der Waals surface area (Å²) in [7, 11) is 0. The van der Waals surface area contributed by atoms with Crippen molar-refractivity contribution in [2.75, 3.05) is 13.1 Å². The number of rotatable bonds is 6. The summed E-state index contributed by atoms with van der Waals surface area (Å²) in [6.45, 7) is 8.83. The molecule has 0 aliphatic heterocycles. The van der Waals surface area contributed by atoms with Gasteiger partial charge in [-0.25, -0.2) is 0 Å². The Kier molecular flexibility index (Phi) is 4.41. The van der Waals surface area contributed by atoms with E-state index < -0.39 is 0 Å². The first kappa shape index (κ1) is 13.6. The molecule has 1 unspecified atom stereocenters. The Labute approximate surface area is 111 Å². The van der Waals surface area contributed by atoms with Gasteiger partial charge in [0.1, 0.15) is 0 Å². The van der Waals surface area contributed by atoms with Crippen LogP contribution in [0.25, 0.3) is 0 Å². The van der Waals surface area contributed by atoms with Gasteiger partial charge in [0, 0.05) is 18.6 Å². The molecule has 2 heteroatoms. The van der Waals surface area contributed by atoms with E-state index >= 15 is 0 Å². The summed E-state index contributed by atoms with van der Waals surface area (Å²) < 4.78 is 0. The Balaban J connectivity index is 1.91. The van der Waals surface area contributed by atoms with Crippen molar-refractivity contribution in [2.24, 2.45) is 5.73 Å². The van der Waals surface area contributed by atoms with Crippen LogP contribution in [0.3, 0.4) is 0 Å². The molecule has 1 aliphatic carbocycles. The van der Waals surface area contributed by atoms with E-state index in [0.717, 1.165) is 25.6 Å². The van der Waals surface area contributed by atoms with Crippen molar-refractivity contribution in [1.29, 1.82) is 0 Å². The molecule has 0 amide bonds. The Morgan fingerprint density at radius 2 is 1.83 bits per heavy atom. The molecule has 0 spiro atoms. The highest BCUT2D eigenvalue weighted by Crippen LogP contribution is 2.27. The third kappa shape index (κ3) is 3.56. The highest BCUT2D eigenvalue weighted by molar-refractivity contribution is 5.30. The van der Waals surface area contributed by atoms with E-state index in [1.165, 1.54) is 29.5 Å². The summed E-state index contributed by atoms with van der Waals surface area (Å²) in [4.78, 5) is 2.57. The molecule has 2 N–H and O–H groups in total. The van der Waals surface area contributed by atoms with Gasteiger partial charge in [0.05, 0.1) is 0 Å². The fraction of sp³-hybridized carbons (Fsp3) is 0.625. The molecule has 2 rings (SSSR count). The van der Waals surface area contributed by atoms with Crippen molar-refractivity contribution in [1.82, 2.24) is 4.90 Å². The molecule has 2 nitrogen and oxygen atoms in total. The summed E-state index contributed by atoms with van der Waals surface area (Å²) in [6.07, 6.45) is 3.83. The summed E-state index contributed by atoms with van der Waals surface area (Å²) in [5, 5.41) is 0. The average molecular weight is 246 g/mol. The molecular formula is C16H26N2. The molecule has 1 fully saturated rings. The molecule has 1 aliphatic rings. The van der Waals surface area contributed by atoms with Crippen molar-refractivity contribution in [3.63, 3.8) is 0 Å². The highest BCUT2D eigenvalue weighted by Gasteiger charge is 2.27. The zero-order valence-electron chi connectivity index (χ0n) is 11.9. The molecular weight excluding hydrogens is 220 g/mol. The van der Waals surface area contributed by atoms with Gasteiger partial charge in [-0.3, -0.25) is 0 Å². The SMILES string of the molecule is CCN(CCC(N)c1cc(C)cc(C)c1)C1CC1. The summed E-state index contributed by atoms with van der Waals surface area (Å²) >= 11 is 0. The predicted molar refractivity (Wildman–Crippen MR) is 77.7 cm³/mol. The first-order valence-corrected chi connectivity index (χ1v) is 7.18. The van der Waals surface area contributed by atoms with Gasteiger partial charge in [-0.2, -0.15) is 0 Å². The lowest BCUT2D eigenvalue weighted by molar-refractivity contribution is 0.266. The van der Waals surface area contributed by atoms with E-state index in [9.17, 15) is 0 Å². The summed E-state index contributed by atoms with van der Waals surface area (Å²) in [5.41, 5.74) is 10.3. The van der Waals surface area contributed by atoms with Gasteiger partial charge in [-0.1, -0.05) is 36.2 Å². The molecule has 0 bridgehead atoms. The van der Waals surface area contributed by atoms with Crippen molar-refractivity contribution >= 4 is 0 Å². The van der Waals surface area contributed by atoms with Crippen LogP contribution in [-0.2, 0) is 0 Å². The maximum atomic E-state index is 6.33. The molecule has 1 atom stereocenters. The van der Waals surface area contributed by atoms with Gasteiger partial charge in [0.2, 0.25) is 0 Å². The minimum absolute atomic E-state index is 0.177. The molecule has 1 saturated carbocycles. The first-order chi connectivity index (χ1) is 8.60. The molecule has 0 heterocycles. The molecule has 0 radical (unpaired) electrons. The largest absolute Gasteiger partial charge is 0.324 e. The van der Waals surface area contributed by atoms with E-state index in [0.29, 0.717) is 0 Å². The van der Waals surface area contributed by atoms with Gasteiger partial charge < -0.3 is 10.6 Å². The molecule has 1 aromatic rings. The smallest absolute Gasteiger partial charge is 0.0307 e. The van der Waals surface area contributed by atoms with Crippen LogP contribution in [0.1, 0.15) is 48.9 Å². The fourth-order valence-electron chi connectivity index (χ4n) is 2.73. The Bertz CT molecular complexity index is 376. The van der Waals surface area contributed by atoms with Crippen molar-refractivity contribution < 1.29 is 0 Å². The number of aryl methyl sites for hydroxylation is 2. The van der Waals surface area contributed by atoms with Gasteiger partial charge in [-0.15, -0.1) is 0 Å². The van der Waals surface area contributed by atoms with Crippen LogP contribution < -0.4 is 5.73 Å². The zero-order chi connectivity index (χ0) is 13.1. The monoisotopic (exact) mass is 246 g/mol. The van der Waals surface area contributed by atoms with Crippen molar-refractivity contribution in [3.05, 3.63) is 34.9 Å². The number of nitrogens with two attached hydrogens (primary N) is 1. The maximum Gasteiger partial charge on any atom is 0.0307 e. The van der Waals surface area contributed by atoms with E-state index in [4.69, 9.17) is 5.73 Å². The lowest BCUT2D eigenvalue weighted by Crippen LogP contribution is -2.29. The number of benzene rings is 1. The Morgan fingerprint density at radius 3 is 2.33 bits per heavy atom. The predicted octanol–water partition coefficient (Wildman–Crippen LogP) is 3.18. The summed E-state index contributed by atoms with van der Waals surface area (Å²) in [5.74, 6) is 0. The maximum absolute atomic E-state index is 6.33. The second-order valence-electron chi connectivity index (χ2n) is 5.68. The number of hydrogen-bond acceptors (Lipinski definition) is 2. The Hall–Kier alpha value is -0.860. The third-order valence-corrected chi connectivity index (χ3v) is 3.87. The highest BCUT2D eigenvalue weighted by atomic mass is 15.2. The van der Waals surface area contributed by atoms with E-state index in [2.05, 4.69) is 43.9 Å². The fourth-order valence-corrected chi connectivity index (χ4v) is 2.73. The van der Waals surface area contributed by atoms with Crippen LogP contribution in [0.4, 0.5) is 0 Å². The molecule has 18 heavy (non-hydrogen) atoms. The van der Waals surface area contributed by atoms with Gasteiger partial charge in [0.15, 0.2) is 0 Å².